The lowest BCUT2D eigenvalue weighted by Gasteiger charge is -2.28. The summed E-state index contributed by atoms with van der Waals surface area (Å²) in [5.74, 6) is 0. The van der Waals surface area contributed by atoms with E-state index in [2.05, 4.69) is 0 Å². The molecule has 2 aliphatic rings. The zero-order valence-corrected chi connectivity index (χ0v) is 15.3. The molecular formula is C19H17ClF3N3O. The van der Waals surface area contributed by atoms with Gasteiger partial charge >= 0.3 is 12.2 Å². The predicted octanol–water partition coefficient (Wildman–Crippen LogP) is 5.23. The summed E-state index contributed by atoms with van der Waals surface area (Å²) in [7, 11) is 0. The molecule has 0 bridgehead atoms. The molecule has 2 fully saturated rings. The van der Waals surface area contributed by atoms with Gasteiger partial charge in [-0.15, -0.1) is 0 Å². The summed E-state index contributed by atoms with van der Waals surface area (Å²) in [6, 6.07) is 10.9. The van der Waals surface area contributed by atoms with Crippen LogP contribution in [-0.2, 0) is 6.18 Å². The van der Waals surface area contributed by atoms with Gasteiger partial charge in [0.2, 0.25) is 0 Å². The molecule has 2 aromatic rings. The van der Waals surface area contributed by atoms with Crippen molar-refractivity contribution in [2.75, 3.05) is 18.0 Å². The van der Waals surface area contributed by atoms with E-state index in [1.165, 1.54) is 17.0 Å². The molecule has 2 amide bonds. The fourth-order valence-corrected chi connectivity index (χ4v) is 3.87. The second-order valence-electron chi connectivity index (χ2n) is 6.74. The van der Waals surface area contributed by atoms with E-state index in [4.69, 9.17) is 11.6 Å². The normalized spacial score (nSPS) is 20.5. The molecule has 4 rings (SSSR count). The Kier molecular flexibility index (Phi) is 4.31. The van der Waals surface area contributed by atoms with Crippen LogP contribution >= 0.6 is 11.6 Å². The number of amides is 2. The molecule has 0 N–H and O–H groups in total. The minimum atomic E-state index is -4.59. The third-order valence-corrected chi connectivity index (χ3v) is 5.26. The third-order valence-electron chi connectivity index (χ3n) is 4.93. The molecule has 1 unspecified atom stereocenters. The van der Waals surface area contributed by atoms with E-state index in [1.54, 1.807) is 5.01 Å². The maximum absolute atomic E-state index is 13.3. The number of carbonyl (C=O) groups is 1. The van der Waals surface area contributed by atoms with Crippen LogP contribution in [0.2, 0.25) is 5.02 Å². The number of fused-ring (bicyclic) bond motifs is 1. The molecule has 142 valence electrons. The van der Waals surface area contributed by atoms with Crippen molar-refractivity contribution in [1.82, 2.24) is 10.0 Å². The summed E-state index contributed by atoms with van der Waals surface area (Å²) in [6.07, 6.45) is -4.25. The predicted molar refractivity (Wildman–Crippen MR) is 96.3 cm³/mol. The summed E-state index contributed by atoms with van der Waals surface area (Å²) < 4.78 is 39.9. The van der Waals surface area contributed by atoms with Gasteiger partial charge in [0.25, 0.3) is 0 Å². The van der Waals surface area contributed by atoms with Crippen LogP contribution in [0.4, 0.5) is 23.7 Å². The Labute approximate surface area is 159 Å². The van der Waals surface area contributed by atoms with Gasteiger partial charge in [0.15, 0.2) is 0 Å². The van der Waals surface area contributed by atoms with E-state index in [0.29, 0.717) is 13.1 Å². The fourth-order valence-electron chi connectivity index (χ4n) is 3.65. The molecule has 4 nitrogen and oxygen atoms in total. The maximum Gasteiger partial charge on any atom is 0.417 e. The van der Waals surface area contributed by atoms with Gasteiger partial charge in [-0.25, -0.2) is 4.79 Å². The summed E-state index contributed by atoms with van der Waals surface area (Å²) in [4.78, 5) is 14.4. The van der Waals surface area contributed by atoms with Gasteiger partial charge in [-0.05, 0) is 37.1 Å². The van der Waals surface area contributed by atoms with Crippen molar-refractivity contribution < 1.29 is 18.0 Å². The van der Waals surface area contributed by atoms with Gasteiger partial charge in [0.05, 0.1) is 10.6 Å². The number of alkyl halides is 3. The standard InChI is InChI=1S/C19H17ClF3N3O/c1-12-3-5-13(6-4-12)17-24-9-2-10-25(24)18(27)26(17)14-7-8-16(20)15(11-14)19(21,22)23/h3-8,11,17H,2,9-10H2,1H3. The van der Waals surface area contributed by atoms with Crippen molar-refractivity contribution >= 4 is 23.3 Å². The van der Waals surface area contributed by atoms with E-state index in [0.717, 1.165) is 23.6 Å². The van der Waals surface area contributed by atoms with E-state index in [1.807, 2.05) is 36.2 Å². The van der Waals surface area contributed by atoms with Gasteiger partial charge < -0.3 is 0 Å². The van der Waals surface area contributed by atoms with E-state index in [-0.39, 0.29) is 16.7 Å². The van der Waals surface area contributed by atoms with Crippen LogP contribution in [0, 0.1) is 6.92 Å². The van der Waals surface area contributed by atoms with Crippen molar-refractivity contribution in [3.8, 4) is 0 Å². The summed E-state index contributed by atoms with van der Waals surface area (Å²) in [5, 5.41) is 3.13. The highest BCUT2D eigenvalue weighted by Crippen LogP contribution is 2.43. The van der Waals surface area contributed by atoms with Crippen LogP contribution in [0.5, 0.6) is 0 Å². The second-order valence-corrected chi connectivity index (χ2v) is 7.15. The molecule has 8 heteroatoms. The van der Waals surface area contributed by atoms with Gasteiger partial charge in [-0.3, -0.25) is 9.91 Å². The summed E-state index contributed by atoms with van der Waals surface area (Å²) in [5.41, 5.74) is 1.15. The molecule has 2 heterocycles. The first kappa shape index (κ1) is 18.1. The SMILES string of the molecule is Cc1ccc(C2N(c3ccc(Cl)c(C(F)(F)F)c3)C(=O)N3CCCN23)cc1. The average molecular weight is 396 g/mol. The molecule has 27 heavy (non-hydrogen) atoms. The van der Waals surface area contributed by atoms with E-state index < -0.39 is 17.9 Å². The molecular weight excluding hydrogens is 379 g/mol. The van der Waals surface area contributed by atoms with Crippen molar-refractivity contribution in [1.29, 1.82) is 0 Å². The minimum Gasteiger partial charge on any atom is -0.271 e. The molecule has 0 saturated carbocycles. The molecule has 0 spiro atoms. The quantitative estimate of drug-likeness (QED) is 0.696. The van der Waals surface area contributed by atoms with Crippen LogP contribution in [0.15, 0.2) is 42.5 Å². The Morgan fingerprint density at radius 3 is 2.44 bits per heavy atom. The van der Waals surface area contributed by atoms with Crippen molar-refractivity contribution in [2.24, 2.45) is 0 Å². The molecule has 0 aromatic heterocycles. The average Bonchev–Trinajstić information content (AvgIpc) is 3.18. The first-order chi connectivity index (χ1) is 12.8. The number of halogens is 4. The lowest BCUT2D eigenvalue weighted by molar-refractivity contribution is -0.137. The molecule has 0 aliphatic carbocycles. The zero-order chi connectivity index (χ0) is 19.3. The van der Waals surface area contributed by atoms with Crippen molar-refractivity contribution in [3.05, 3.63) is 64.2 Å². The molecule has 2 aromatic carbocycles. The van der Waals surface area contributed by atoms with Crippen LogP contribution in [-0.4, -0.2) is 29.1 Å². The van der Waals surface area contributed by atoms with Crippen LogP contribution in [0.1, 0.15) is 29.3 Å². The number of hydrogen-bond acceptors (Lipinski definition) is 2. The van der Waals surface area contributed by atoms with Gasteiger partial charge in [-0.1, -0.05) is 41.4 Å². The second kappa shape index (κ2) is 6.42. The Balaban J connectivity index is 1.82. The van der Waals surface area contributed by atoms with Crippen molar-refractivity contribution in [3.63, 3.8) is 0 Å². The van der Waals surface area contributed by atoms with E-state index >= 15 is 0 Å². The number of aryl methyl sites for hydroxylation is 1. The van der Waals surface area contributed by atoms with Crippen LogP contribution in [0.25, 0.3) is 0 Å². The highest BCUT2D eigenvalue weighted by molar-refractivity contribution is 6.31. The molecule has 1 atom stereocenters. The zero-order valence-electron chi connectivity index (χ0n) is 14.5. The fraction of sp³-hybridized carbons (Fsp3) is 0.316. The smallest absolute Gasteiger partial charge is 0.271 e. The largest absolute Gasteiger partial charge is 0.417 e. The van der Waals surface area contributed by atoms with Gasteiger partial charge in [-0.2, -0.15) is 18.2 Å². The topological polar surface area (TPSA) is 26.8 Å². The maximum atomic E-state index is 13.3. The first-order valence-electron chi connectivity index (χ1n) is 8.58. The number of nitrogens with zero attached hydrogens (tertiary/aromatic N) is 3. The van der Waals surface area contributed by atoms with Crippen LogP contribution in [0.3, 0.4) is 0 Å². The lowest BCUT2D eigenvalue weighted by Crippen LogP contribution is -2.32. The Morgan fingerprint density at radius 2 is 1.78 bits per heavy atom. The lowest BCUT2D eigenvalue weighted by atomic mass is 10.1. The number of hydrogen-bond donors (Lipinski definition) is 0. The number of benzene rings is 2. The number of urea groups is 1. The first-order valence-corrected chi connectivity index (χ1v) is 8.96. The monoisotopic (exact) mass is 395 g/mol. The minimum absolute atomic E-state index is 0.178. The number of hydrazine groups is 1. The highest BCUT2D eigenvalue weighted by Gasteiger charge is 2.48. The number of rotatable bonds is 2. The Hall–Kier alpha value is -2.25. The third kappa shape index (κ3) is 3.04. The van der Waals surface area contributed by atoms with Gasteiger partial charge in [0.1, 0.15) is 6.17 Å². The van der Waals surface area contributed by atoms with Crippen molar-refractivity contribution in [2.45, 2.75) is 25.7 Å². The van der Waals surface area contributed by atoms with Crippen LogP contribution < -0.4 is 4.90 Å². The number of anilines is 1. The Bertz CT molecular complexity index is 885. The highest BCUT2D eigenvalue weighted by atomic mass is 35.5. The van der Waals surface area contributed by atoms with Gasteiger partial charge in [0, 0.05) is 18.8 Å². The Morgan fingerprint density at radius 1 is 1.07 bits per heavy atom. The molecule has 2 aliphatic heterocycles. The summed E-state index contributed by atoms with van der Waals surface area (Å²) >= 11 is 5.75. The molecule has 2 saturated heterocycles. The molecule has 0 radical (unpaired) electrons. The van der Waals surface area contributed by atoms with E-state index in [9.17, 15) is 18.0 Å². The summed E-state index contributed by atoms with van der Waals surface area (Å²) in [6.45, 7) is 3.18. The number of carbonyl (C=O) groups excluding carboxylic acids is 1.